The Labute approximate surface area is 120 Å². The van der Waals surface area contributed by atoms with E-state index in [1.807, 2.05) is 36.4 Å². The summed E-state index contributed by atoms with van der Waals surface area (Å²) in [5, 5.41) is 13.4. The molecule has 0 aliphatic carbocycles. The van der Waals surface area contributed by atoms with Crippen LogP contribution in [0.4, 0.5) is 0 Å². The summed E-state index contributed by atoms with van der Waals surface area (Å²) >= 11 is 3.32. The van der Waals surface area contributed by atoms with Crippen molar-refractivity contribution in [3.8, 4) is 11.5 Å². The fraction of sp³-hybridized carbons (Fsp3) is 0.200. The van der Waals surface area contributed by atoms with Gasteiger partial charge in [-0.05, 0) is 28.1 Å². The lowest BCUT2D eigenvalue weighted by Crippen LogP contribution is -2.22. The number of rotatable bonds is 3. The summed E-state index contributed by atoms with van der Waals surface area (Å²) in [5.41, 5.74) is 2.05. The summed E-state index contributed by atoms with van der Waals surface area (Å²) in [6.07, 6.45) is 0. The topological polar surface area (TPSA) is 41.5 Å². The van der Waals surface area contributed by atoms with Gasteiger partial charge in [-0.2, -0.15) is 0 Å². The molecule has 2 aromatic rings. The highest BCUT2D eigenvalue weighted by Crippen LogP contribution is 2.33. The van der Waals surface area contributed by atoms with Crippen molar-refractivity contribution >= 4 is 15.9 Å². The Balaban J connectivity index is 1.73. The summed E-state index contributed by atoms with van der Waals surface area (Å²) in [6, 6.07) is 13.9. The Morgan fingerprint density at radius 2 is 2.05 bits per heavy atom. The SMILES string of the molecule is Oc1c(Br)cccc1CNC1COc2ccccc21. The van der Waals surface area contributed by atoms with Crippen LogP contribution in [0.25, 0.3) is 0 Å². The molecule has 98 valence electrons. The number of halogens is 1. The lowest BCUT2D eigenvalue weighted by atomic mass is 10.1. The molecule has 0 radical (unpaired) electrons. The molecule has 19 heavy (non-hydrogen) atoms. The minimum Gasteiger partial charge on any atom is -0.506 e. The van der Waals surface area contributed by atoms with Crippen molar-refractivity contribution in [2.45, 2.75) is 12.6 Å². The normalized spacial score (nSPS) is 17.0. The molecule has 0 saturated carbocycles. The van der Waals surface area contributed by atoms with Gasteiger partial charge in [0.15, 0.2) is 0 Å². The van der Waals surface area contributed by atoms with Crippen molar-refractivity contribution in [3.63, 3.8) is 0 Å². The third-order valence-corrected chi connectivity index (χ3v) is 3.95. The van der Waals surface area contributed by atoms with E-state index in [1.165, 1.54) is 5.56 Å². The van der Waals surface area contributed by atoms with E-state index in [4.69, 9.17) is 4.74 Å². The molecule has 0 amide bonds. The first-order valence-corrected chi connectivity index (χ1v) is 6.96. The van der Waals surface area contributed by atoms with Crippen LogP contribution in [0, 0.1) is 0 Å². The first-order chi connectivity index (χ1) is 9.25. The third-order valence-electron chi connectivity index (χ3n) is 3.31. The second-order valence-corrected chi connectivity index (χ2v) is 5.38. The van der Waals surface area contributed by atoms with Gasteiger partial charge in [-0.1, -0.05) is 30.3 Å². The number of phenolic OH excluding ortho intramolecular Hbond substituents is 1. The van der Waals surface area contributed by atoms with E-state index in [0.717, 1.165) is 15.8 Å². The molecule has 3 nitrogen and oxygen atoms in total. The number of para-hydroxylation sites is 2. The van der Waals surface area contributed by atoms with E-state index in [-0.39, 0.29) is 6.04 Å². The molecule has 3 rings (SSSR count). The van der Waals surface area contributed by atoms with Crippen LogP contribution >= 0.6 is 15.9 Å². The number of fused-ring (bicyclic) bond motifs is 1. The molecule has 4 heteroatoms. The molecule has 1 heterocycles. The highest BCUT2D eigenvalue weighted by molar-refractivity contribution is 9.10. The van der Waals surface area contributed by atoms with Gasteiger partial charge in [0, 0.05) is 17.7 Å². The van der Waals surface area contributed by atoms with Crippen molar-refractivity contribution in [3.05, 3.63) is 58.1 Å². The molecule has 2 aromatic carbocycles. The predicted molar refractivity (Wildman–Crippen MR) is 77.3 cm³/mol. The molecular weight excluding hydrogens is 306 g/mol. The van der Waals surface area contributed by atoms with Crippen LogP contribution in [0.3, 0.4) is 0 Å². The van der Waals surface area contributed by atoms with Gasteiger partial charge < -0.3 is 15.2 Å². The van der Waals surface area contributed by atoms with Crippen LogP contribution in [-0.4, -0.2) is 11.7 Å². The van der Waals surface area contributed by atoms with Crippen molar-refractivity contribution in [2.75, 3.05) is 6.61 Å². The van der Waals surface area contributed by atoms with Gasteiger partial charge in [0.05, 0.1) is 10.5 Å². The van der Waals surface area contributed by atoms with Crippen molar-refractivity contribution in [1.82, 2.24) is 5.32 Å². The van der Waals surface area contributed by atoms with E-state index in [1.54, 1.807) is 0 Å². The molecule has 0 saturated heterocycles. The standard InChI is InChI=1S/C15H14BrNO2/c16-12-6-3-4-10(15(12)18)8-17-13-9-19-14-7-2-1-5-11(13)14/h1-7,13,17-18H,8-9H2. The van der Waals surface area contributed by atoms with Gasteiger partial charge in [-0.3, -0.25) is 0 Å². The predicted octanol–water partition coefficient (Wildman–Crippen LogP) is 3.38. The summed E-state index contributed by atoms with van der Waals surface area (Å²) in [6.45, 7) is 1.24. The zero-order chi connectivity index (χ0) is 13.2. The lowest BCUT2D eigenvalue weighted by molar-refractivity contribution is 0.310. The summed E-state index contributed by atoms with van der Waals surface area (Å²) in [5.74, 6) is 1.24. The second-order valence-electron chi connectivity index (χ2n) is 4.53. The van der Waals surface area contributed by atoms with Crippen molar-refractivity contribution in [1.29, 1.82) is 0 Å². The van der Waals surface area contributed by atoms with Crippen LogP contribution in [0.15, 0.2) is 46.9 Å². The molecule has 1 aliphatic rings. The molecule has 0 aromatic heterocycles. The van der Waals surface area contributed by atoms with Crippen LogP contribution < -0.4 is 10.1 Å². The van der Waals surface area contributed by atoms with Gasteiger partial charge in [0.2, 0.25) is 0 Å². The Kier molecular flexibility index (Phi) is 3.44. The average Bonchev–Trinajstić information content (AvgIpc) is 2.84. The first-order valence-electron chi connectivity index (χ1n) is 6.17. The Bertz CT molecular complexity index is 600. The molecule has 1 aliphatic heterocycles. The Morgan fingerprint density at radius 3 is 2.95 bits per heavy atom. The average molecular weight is 320 g/mol. The fourth-order valence-electron chi connectivity index (χ4n) is 2.27. The summed E-state index contributed by atoms with van der Waals surface area (Å²) in [4.78, 5) is 0. The van der Waals surface area contributed by atoms with E-state index < -0.39 is 0 Å². The quantitative estimate of drug-likeness (QED) is 0.911. The monoisotopic (exact) mass is 319 g/mol. The van der Waals surface area contributed by atoms with E-state index >= 15 is 0 Å². The van der Waals surface area contributed by atoms with Gasteiger partial charge in [0.1, 0.15) is 18.1 Å². The summed E-state index contributed by atoms with van der Waals surface area (Å²) in [7, 11) is 0. The molecule has 0 spiro atoms. The number of aromatic hydroxyl groups is 1. The molecular formula is C15H14BrNO2. The third kappa shape index (κ3) is 2.46. The van der Waals surface area contributed by atoms with Gasteiger partial charge >= 0.3 is 0 Å². The Morgan fingerprint density at radius 1 is 1.21 bits per heavy atom. The van der Waals surface area contributed by atoms with Crippen LogP contribution in [0.1, 0.15) is 17.2 Å². The summed E-state index contributed by atoms with van der Waals surface area (Å²) < 4.78 is 6.34. The van der Waals surface area contributed by atoms with E-state index in [9.17, 15) is 5.11 Å². The highest BCUT2D eigenvalue weighted by Gasteiger charge is 2.23. The minimum atomic E-state index is 0.176. The number of hydrogen-bond donors (Lipinski definition) is 2. The van der Waals surface area contributed by atoms with Gasteiger partial charge in [0.25, 0.3) is 0 Å². The molecule has 1 atom stereocenters. The zero-order valence-electron chi connectivity index (χ0n) is 10.3. The van der Waals surface area contributed by atoms with Gasteiger partial charge in [-0.25, -0.2) is 0 Å². The highest BCUT2D eigenvalue weighted by atomic mass is 79.9. The second kappa shape index (κ2) is 5.23. The first kappa shape index (κ1) is 12.5. The fourth-order valence-corrected chi connectivity index (χ4v) is 2.67. The molecule has 0 bridgehead atoms. The van der Waals surface area contributed by atoms with Crippen molar-refractivity contribution < 1.29 is 9.84 Å². The van der Waals surface area contributed by atoms with E-state index in [2.05, 4.69) is 27.3 Å². The maximum Gasteiger partial charge on any atom is 0.134 e. The van der Waals surface area contributed by atoms with Crippen molar-refractivity contribution in [2.24, 2.45) is 0 Å². The number of ether oxygens (including phenoxy) is 1. The molecule has 0 fully saturated rings. The number of phenols is 1. The molecule has 1 unspecified atom stereocenters. The van der Waals surface area contributed by atoms with Crippen LogP contribution in [0.2, 0.25) is 0 Å². The maximum atomic E-state index is 9.95. The van der Waals surface area contributed by atoms with Gasteiger partial charge in [-0.15, -0.1) is 0 Å². The largest absolute Gasteiger partial charge is 0.506 e. The number of nitrogens with one attached hydrogen (secondary N) is 1. The Hall–Kier alpha value is -1.52. The van der Waals surface area contributed by atoms with E-state index in [0.29, 0.717) is 18.9 Å². The maximum absolute atomic E-state index is 9.95. The number of benzene rings is 2. The lowest BCUT2D eigenvalue weighted by Gasteiger charge is -2.13. The van der Waals surface area contributed by atoms with Crippen LogP contribution in [-0.2, 0) is 6.54 Å². The zero-order valence-corrected chi connectivity index (χ0v) is 11.9. The minimum absolute atomic E-state index is 0.176. The van der Waals surface area contributed by atoms with Crippen LogP contribution in [0.5, 0.6) is 11.5 Å². The smallest absolute Gasteiger partial charge is 0.134 e. The molecule has 2 N–H and O–H groups in total. The number of hydrogen-bond acceptors (Lipinski definition) is 3.